The first-order valence-electron chi connectivity index (χ1n) is 6.13. The van der Waals surface area contributed by atoms with Gasteiger partial charge >= 0.3 is 0 Å². The summed E-state index contributed by atoms with van der Waals surface area (Å²) in [4.78, 5) is 23.1. The van der Waals surface area contributed by atoms with Gasteiger partial charge in [-0.1, -0.05) is 12.1 Å². The number of amides is 2. The molecule has 0 saturated carbocycles. The third kappa shape index (κ3) is 3.13. The van der Waals surface area contributed by atoms with Crippen LogP contribution in [-0.2, 0) is 11.2 Å². The van der Waals surface area contributed by atoms with Gasteiger partial charge in [-0.05, 0) is 18.6 Å². The van der Waals surface area contributed by atoms with Crippen molar-refractivity contribution < 1.29 is 14.3 Å². The fraction of sp³-hybridized carbons (Fsp3) is 0.286. The van der Waals surface area contributed by atoms with Crippen molar-refractivity contribution in [2.24, 2.45) is 0 Å². The molecule has 5 heteroatoms. The third-order valence-corrected chi connectivity index (χ3v) is 2.84. The lowest BCUT2D eigenvalue weighted by atomic mass is 9.99. The van der Waals surface area contributed by atoms with Crippen LogP contribution in [0.5, 0.6) is 5.75 Å². The third-order valence-electron chi connectivity index (χ3n) is 2.84. The molecule has 0 saturated heterocycles. The zero-order chi connectivity index (χ0) is 13.7. The Kier molecular flexibility index (Phi) is 4.18. The van der Waals surface area contributed by atoms with Gasteiger partial charge in [0, 0.05) is 24.2 Å². The summed E-state index contributed by atoms with van der Waals surface area (Å²) in [6.07, 6.45) is 2.32. The quantitative estimate of drug-likeness (QED) is 0.764. The number of rotatable bonds is 5. The van der Waals surface area contributed by atoms with Crippen LogP contribution >= 0.6 is 0 Å². The Balaban J connectivity index is 2.05. The Hall–Kier alpha value is -2.30. The standard InChI is InChI=1S/C14H16N2O3/c1-2-7-15-13(17)9-19-12-5-3-4-11-10(12)6-8-16-14(11)18/h2-5H,1,6-9H2,(H,15,17)(H,16,18). The molecule has 1 heterocycles. The van der Waals surface area contributed by atoms with Gasteiger partial charge in [-0.2, -0.15) is 0 Å². The summed E-state index contributed by atoms with van der Waals surface area (Å²) in [5.74, 6) is 0.293. The summed E-state index contributed by atoms with van der Waals surface area (Å²) >= 11 is 0. The Morgan fingerprint density at radius 2 is 2.37 bits per heavy atom. The molecule has 0 bridgehead atoms. The topological polar surface area (TPSA) is 67.4 Å². The van der Waals surface area contributed by atoms with Crippen LogP contribution in [0.4, 0.5) is 0 Å². The zero-order valence-electron chi connectivity index (χ0n) is 10.6. The van der Waals surface area contributed by atoms with Crippen LogP contribution in [-0.4, -0.2) is 31.5 Å². The molecule has 19 heavy (non-hydrogen) atoms. The van der Waals surface area contributed by atoms with Crippen molar-refractivity contribution in [1.29, 1.82) is 0 Å². The maximum Gasteiger partial charge on any atom is 0.258 e. The maximum atomic E-state index is 11.7. The molecule has 1 aliphatic rings. The molecular formula is C14H16N2O3. The number of hydrogen-bond acceptors (Lipinski definition) is 3. The van der Waals surface area contributed by atoms with Crippen LogP contribution in [0, 0.1) is 0 Å². The van der Waals surface area contributed by atoms with Crippen molar-refractivity contribution in [3.05, 3.63) is 42.0 Å². The van der Waals surface area contributed by atoms with Gasteiger partial charge in [0.2, 0.25) is 0 Å². The van der Waals surface area contributed by atoms with Crippen LogP contribution in [0.1, 0.15) is 15.9 Å². The SMILES string of the molecule is C=CCNC(=O)COc1cccc2c1CCNC2=O. The minimum absolute atomic E-state index is 0.0636. The molecule has 5 nitrogen and oxygen atoms in total. The Labute approximate surface area is 111 Å². The monoisotopic (exact) mass is 260 g/mol. The summed E-state index contributed by atoms with van der Waals surface area (Å²) in [6, 6.07) is 5.29. The predicted octanol–water partition coefficient (Wildman–Crippen LogP) is 0.653. The maximum absolute atomic E-state index is 11.7. The smallest absolute Gasteiger partial charge is 0.258 e. The first-order valence-corrected chi connectivity index (χ1v) is 6.13. The number of carbonyl (C=O) groups excluding carboxylic acids is 2. The van der Waals surface area contributed by atoms with Crippen molar-refractivity contribution >= 4 is 11.8 Å². The van der Waals surface area contributed by atoms with Crippen LogP contribution in [0.3, 0.4) is 0 Å². The van der Waals surface area contributed by atoms with Gasteiger partial charge in [-0.25, -0.2) is 0 Å². The van der Waals surface area contributed by atoms with Gasteiger partial charge in [0.05, 0.1) is 0 Å². The van der Waals surface area contributed by atoms with E-state index in [1.54, 1.807) is 24.3 Å². The van der Waals surface area contributed by atoms with E-state index in [0.29, 0.717) is 30.8 Å². The van der Waals surface area contributed by atoms with Gasteiger partial charge in [-0.15, -0.1) is 6.58 Å². The molecule has 0 atom stereocenters. The highest BCUT2D eigenvalue weighted by atomic mass is 16.5. The van der Waals surface area contributed by atoms with Crippen molar-refractivity contribution in [2.75, 3.05) is 19.7 Å². The number of carbonyl (C=O) groups is 2. The first-order chi connectivity index (χ1) is 9.22. The van der Waals surface area contributed by atoms with E-state index in [1.165, 1.54) is 0 Å². The molecule has 0 aliphatic carbocycles. The van der Waals surface area contributed by atoms with E-state index in [9.17, 15) is 9.59 Å². The zero-order valence-corrected chi connectivity index (χ0v) is 10.6. The van der Waals surface area contributed by atoms with E-state index in [1.807, 2.05) is 0 Å². The summed E-state index contributed by atoms with van der Waals surface area (Å²) in [7, 11) is 0. The summed E-state index contributed by atoms with van der Waals surface area (Å²) in [6.45, 7) is 4.46. The van der Waals surface area contributed by atoms with Crippen LogP contribution in [0.15, 0.2) is 30.9 Å². The van der Waals surface area contributed by atoms with Gasteiger partial charge in [0.1, 0.15) is 5.75 Å². The molecule has 1 aromatic rings. The first kappa shape index (κ1) is 13.1. The van der Waals surface area contributed by atoms with Crippen molar-refractivity contribution in [3.63, 3.8) is 0 Å². The molecule has 0 spiro atoms. The fourth-order valence-electron chi connectivity index (χ4n) is 1.95. The van der Waals surface area contributed by atoms with E-state index in [4.69, 9.17) is 4.74 Å². The Bertz CT molecular complexity index is 511. The summed E-state index contributed by atoms with van der Waals surface area (Å²) in [5, 5.41) is 5.40. The second-order valence-corrected chi connectivity index (χ2v) is 4.17. The minimum Gasteiger partial charge on any atom is -0.483 e. The van der Waals surface area contributed by atoms with E-state index >= 15 is 0 Å². The van der Waals surface area contributed by atoms with Gasteiger partial charge in [0.25, 0.3) is 11.8 Å². The molecular weight excluding hydrogens is 244 g/mol. The van der Waals surface area contributed by atoms with Crippen molar-refractivity contribution in [1.82, 2.24) is 10.6 Å². The molecule has 2 amide bonds. The van der Waals surface area contributed by atoms with Crippen LogP contribution in [0.25, 0.3) is 0 Å². The Morgan fingerprint density at radius 1 is 1.53 bits per heavy atom. The lowest BCUT2D eigenvalue weighted by Gasteiger charge is -2.19. The average Bonchev–Trinajstić information content (AvgIpc) is 2.43. The second-order valence-electron chi connectivity index (χ2n) is 4.17. The lowest BCUT2D eigenvalue weighted by Crippen LogP contribution is -2.33. The van der Waals surface area contributed by atoms with Crippen molar-refractivity contribution in [2.45, 2.75) is 6.42 Å². The summed E-state index contributed by atoms with van der Waals surface area (Å²) < 4.78 is 5.49. The molecule has 0 fully saturated rings. The molecule has 0 unspecified atom stereocenters. The fourth-order valence-corrected chi connectivity index (χ4v) is 1.95. The largest absolute Gasteiger partial charge is 0.483 e. The number of benzene rings is 1. The van der Waals surface area contributed by atoms with E-state index < -0.39 is 0 Å². The van der Waals surface area contributed by atoms with Gasteiger partial charge in [0.15, 0.2) is 6.61 Å². The molecule has 2 rings (SSSR count). The normalized spacial score (nSPS) is 13.2. The van der Waals surface area contributed by atoms with Crippen molar-refractivity contribution in [3.8, 4) is 5.75 Å². The highest BCUT2D eigenvalue weighted by Gasteiger charge is 2.20. The van der Waals surface area contributed by atoms with Crippen LogP contribution < -0.4 is 15.4 Å². The predicted molar refractivity (Wildman–Crippen MR) is 71.2 cm³/mol. The number of ether oxygens (including phenoxy) is 1. The molecule has 100 valence electrons. The highest BCUT2D eigenvalue weighted by molar-refractivity contribution is 5.97. The molecule has 0 aromatic heterocycles. The number of fused-ring (bicyclic) bond motifs is 1. The van der Waals surface area contributed by atoms with E-state index in [-0.39, 0.29) is 18.4 Å². The van der Waals surface area contributed by atoms with E-state index in [0.717, 1.165) is 5.56 Å². The summed E-state index contributed by atoms with van der Waals surface area (Å²) in [5.41, 5.74) is 1.48. The minimum atomic E-state index is -0.210. The molecule has 1 aliphatic heterocycles. The van der Waals surface area contributed by atoms with Gasteiger partial charge in [-0.3, -0.25) is 9.59 Å². The van der Waals surface area contributed by atoms with Crippen LogP contribution in [0.2, 0.25) is 0 Å². The average molecular weight is 260 g/mol. The Morgan fingerprint density at radius 3 is 3.16 bits per heavy atom. The second kappa shape index (κ2) is 6.04. The molecule has 2 N–H and O–H groups in total. The number of nitrogens with one attached hydrogen (secondary N) is 2. The molecule has 0 radical (unpaired) electrons. The lowest BCUT2D eigenvalue weighted by molar-refractivity contribution is -0.122. The molecule has 1 aromatic carbocycles. The highest BCUT2D eigenvalue weighted by Crippen LogP contribution is 2.25. The number of hydrogen-bond donors (Lipinski definition) is 2. The van der Waals surface area contributed by atoms with E-state index in [2.05, 4.69) is 17.2 Å². The van der Waals surface area contributed by atoms with Gasteiger partial charge < -0.3 is 15.4 Å².